The number of rotatable bonds is 3. The largest absolute Gasteiger partial charge is 0.316 e. The molecule has 0 spiro atoms. The van der Waals surface area contributed by atoms with Crippen molar-refractivity contribution in [2.45, 2.75) is 49.6 Å². The molecule has 1 aliphatic rings. The quantitative estimate of drug-likeness (QED) is 0.897. The Hall–Kier alpha value is -0.550. The normalized spacial score (nSPS) is 28.2. The van der Waals surface area contributed by atoms with Crippen LogP contribution in [0.1, 0.15) is 33.1 Å². The Bertz CT molecular complexity index is 374. The minimum atomic E-state index is 0.448. The molecule has 96 valence electrons. The first kappa shape index (κ1) is 12.9. The molecule has 0 aliphatic heterocycles. The molecule has 0 bridgehead atoms. The van der Waals surface area contributed by atoms with E-state index < -0.39 is 0 Å². The molecule has 1 heterocycles. The summed E-state index contributed by atoms with van der Waals surface area (Å²) in [5, 5.41) is 9.19. The number of nitrogens with one attached hydrogen (secondary N) is 1. The van der Waals surface area contributed by atoms with Crippen molar-refractivity contribution in [3.8, 4) is 0 Å². The summed E-state index contributed by atoms with van der Waals surface area (Å²) in [7, 11) is 4.02. The van der Waals surface area contributed by atoms with Crippen molar-refractivity contribution >= 4 is 11.8 Å². The fourth-order valence-corrected chi connectivity index (χ4v) is 4.05. The first-order valence-electron chi connectivity index (χ1n) is 6.20. The minimum Gasteiger partial charge on any atom is -0.316 e. The molecule has 2 unspecified atom stereocenters. The van der Waals surface area contributed by atoms with Gasteiger partial charge in [0.2, 0.25) is 0 Å². The summed E-state index contributed by atoms with van der Waals surface area (Å²) in [6, 6.07) is 0.588. The van der Waals surface area contributed by atoms with Crippen molar-refractivity contribution in [3.63, 3.8) is 0 Å². The van der Waals surface area contributed by atoms with Gasteiger partial charge in [0.1, 0.15) is 6.33 Å². The maximum Gasteiger partial charge on any atom is 0.186 e. The van der Waals surface area contributed by atoms with Crippen LogP contribution < -0.4 is 5.32 Å². The van der Waals surface area contributed by atoms with Gasteiger partial charge >= 0.3 is 0 Å². The van der Waals surface area contributed by atoms with Gasteiger partial charge in [-0.05, 0) is 31.7 Å². The lowest BCUT2D eigenvalue weighted by Crippen LogP contribution is -2.43. The molecule has 2 atom stereocenters. The molecule has 0 saturated heterocycles. The van der Waals surface area contributed by atoms with Crippen LogP contribution in [0.25, 0.3) is 0 Å². The summed E-state index contributed by atoms with van der Waals surface area (Å²) in [6.07, 6.45) is 5.41. The van der Waals surface area contributed by atoms with Gasteiger partial charge in [-0.15, -0.1) is 0 Å². The Balaban J connectivity index is 2.08. The van der Waals surface area contributed by atoms with Crippen LogP contribution >= 0.6 is 11.8 Å². The van der Waals surface area contributed by atoms with Gasteiger partial charge in [0, 0.05) is 18.3 Å². The van der Waals surface area contributed by atoms with Gasteiger partial charge in [0.25, 0.3) is 0 Å². The second kappa shape index (κ2) is 4.98. The zero-order chi connectivity index (χ0) is 12.5. The SMILES string of the molecule is CNC1CCC(C)(C)CC1Sc1ncnn1C. The van der Waals surface area contributed by atoms with Gasteiger partial charge in [-0.2, -0.15) is 5.10 Å². The standard InChI is InChI=1S/C12H22N4S/c1-12(2)6-5-9(13-3)10(7-12)17-11-14-8-15-16(11)4/h8-10,13H,5-7H2,1-4H3. The first-order chi connectivity index (χ1) is 8.02. The zero-order valence-electron chi connectivity index (χ0n) is 11.1. The molecule has 1 fully saturated rings. The Morgan fingerprint density at radius 1 is 1.53 bits per heavy atom. The maximum atomic E-state index is 4.31. The third-order valence-corrected chi connectivity index (χ3v) is 5.01. The van der Waals surface area contributed by atoms with Crippen molar-refractivity contribution in [1.29, 1.82) is 0 Å². The van der Waals surface area contributed by atoms with E-state index in [1.54, 1.807) is 6.33 Å². The van der Waals surface area contributed by atoms with Gasteiger partial charge < -0.3 is 5.32 Å². The number of nitrogens with zero attached hydrogens (tertiary/aromatic N) is 3. The topological polar surface area (TPSA) is 42.7 Å². The van der Waals surface area contributed by atoms with Gasteiger partial charge in [0.15, 0.2) is 5.16 Å². The van der Waals surface area contributed by atoms with E-state index in [0.717, 1.165) is 5.16 Å². The van der Waals surface area contributed by atoms with Crippen LogP contribution in [0.15, 0.2) is 11.5 Å². The van der Waals surface area contributed by atoms with Gasteiger partial charge in [-0.1, -0.05) is 25.6 Å². The maximum absolute atomic E-state index is 4.31. The Kier molecular flexibility index (Phi) is 3.78. The third-order valence-electron chi connectivity index (χ3n) is 3.63. The van der Waals surface area contributed by atoms with E-state index in [-0.39, 0.29) is 0 Å². The smallest absolute Gasteiger partial charge is 0.186 e. The lowest BCUT2D eigenvalue weighted by atomic mass is 9.75. The fourth-order valence-electron chi connectivity index (χ4n) is 2.50. The van der Waals surface area contributed by atoms with Crippen molar-refractivity contribution in [2.24, 2.45) is 12.5 Å². The number of aromatic nitrogens is 3. The Morgan fingerprint density at radius 3 is 2.88 bits per heavy atom. The molecule has 5 heteroatoms. The average Bonchev–Trinajstić information content (AvgIpc) is 2.64. The summed E-state index contributed by atoms with van der Waals surface area (Å²) in [5.74, 6) is 0. The van der Waals surface area contributed by atoms with Gasteiger partial charge in [0.05, 0.1) is 0 Å². The van der Waals surface area contributed by atoms with E-state index in [0.29, 0.717) is 16.7 Å². The van der Waals surface area contributed by atoms with E-state index in [4.69, 9.17) is 0 Å². The molecule has 1 aromatic heterocycles. The molecular formula is C12H22N4S. The summed E-state index contributed by atoms with van der Waals surface area (Å²) in [6.45, 7) is 4.73. The van der Waals surface area contributed by atoms with Crippen LogP contribution in [-0.2, 0) is 7.05 Å². The minimum absolute atomic E-state index is 0.448. The van der Waals surface area contributed by atoms with E-state index in [1.165, 1.54) is 19.3 Å². The highest BCUT2D eigenvalue weighted by Crippen LogP contribution is 2.41. The molecule has 1 aliphatic carbocycles. The monoisotopic (exact) mass is 254 g/mol. The van der Waals surface area contributed by atoms with Crippen molar-refractivity contribution < 1.29 is 0 Å². The van der Waals surface area contributed by atoms with Crippen molar-refractivity contribution in [1.82, 2.24) is 20.1 Å². The summed E-state index contributed by atoms with van der Waals surface area (Å²) in [5.41, 5.74) is 0.448. The lowest BCUT2D eigenvalue weighted by molar-refractivity contribution is 0.218. The number of thioether (sulfide) groups is 1. The summed E-state index contributed by atoms with van der Waals surface area (Å²) < 4.78 is 1.86. The predicted molar refractivity (Wildman–Crippen MR) is 71.1 cm³/mol. The number of aryl methyl sites for hydroxylation is 1. The van der Waals surface area contributed by atoms with Crippen molar-refractivity contribution in [2.75, 3.05) is 7.05 Å². The van der Waals surface area contributed by atoms with Crippen LogP contribution in [0.3, 0.4) is 0 Å². The zero-order valence-corrected chi connectivity index (χ0v) is 11.9. The molecule has 0 radical (unpaired) electrons. The van der Waals surface area contributed by atoms with Crippen LogP contribution in [-0.4, -0.2) is 33.1 Å². The van der Waals surface area contributed by atoms with Crippen LogP contribution in [0, 0.1) is 5.41 Å². The first-order valence-corrected chi connectivity index (χ1v) is 7.08. The van der Waals surface area contributed by atoms with E-state index in [1.807, 2.05) is 23.5 Å². The highest BCUT2D eigenvalue weighted by Gasteiger charge is 2.35. The highest BCUT2D eigenvalue weighted by molar-refractivity contribution is 7.99. The molecular weight excluding hydrogens is 232 g/mol. The van der Waals surface area contributed by atoms with Crippen LogP contribution in [0.5, 0.6) is 0 Å². The lowest BCUT2D eigenvalue weighted by Gasteiger charge is -2.40. The van der Waals surface area contributed by atoms with Gasteiger partial charge in [-0.3, -0.25) is 0 Å². The highest BCUT2D eigenvalue weighted by atomic mass is 32.2. The predicted octanol–water partition coefficient (Wildman–Crippen LogP) is 2.07. The van der Waals surface area contributed by atoms with Crippen LogP contribution in [0.4, 0.5) is 0 Å². The van der Waals surface area contributed by atoms with Gasteiger partial charge in [-0.25, -0.2) is 9.67 Å². The molecule has 0 aromatic carbocycles. The molecule has 1 saturated carbocycles. The Morgan fingerprint density at radius 2 is 2.29 bits per heavy atom. The van der Waals surface area contributed by atoms with Crippen LogP contribution in [0.2, 0.25) is 0 Å². The van der Waals surface area contributed by atoms with E-state index in [2.05, 4.69) is 36.3 Å². The molecule has 1 N–H and O–H groups in total. The summed E-state index contributed by atoms with van der Waals surface area (Å²) in [4.78, 5) is 4.31. The molecule has 17 heavy (non-hydrogen) atoms. The average molecular weight is 254 g/mol. The van der Waals surface area contributed by atoms with E-state index in [9.17, 15) is 0 Å². The molecule has 4 nitrogen and oxygen atoms in total. The third kappa shape index (κ3) is 3.01. The molecule has 1 aromatic rings. The summed E-state index contributed by atoms with van der Waals surface area (Å²) >= 11 is 1.86. The second-order valence-corrected chi connectivity index (χ2v) is 6.83. The molecule has 2 rings (SSSR count). The van der Waals surface area contributed by atoms with Crippen molar-refractivity contribution in [3.05, 3.63) is 6.33 Å². The van der Waals surface area contributed by atoms with E-state index >= 15 is 0 Å². The second-order valence-electron chi connectivity index (χ2n) is 5.62. The molecule has 0 amide bonds. The fraction of sp³-hybridized carbons (Fsp3) is 0.833. The Labute approximate surface area is 108 Å². The number of hydrogen-bond donors (Lipinski definition) is 1. The number of hydrogen-bond acceptors (Lipinski definition) is 4.